The Kier molecular flexibility index (Phi) is 5.50. The van der Waals surface area contributed by atoms with Crippen molar-refractivity contribution in [2.75, 3.05) is 13.6 Å². The molecule has 1 aromatic heterocycles. The Balaban J connectivity index is 2.31. The van der Waals surface area contributed by atoms with Gasteiger partial charge in [0.25, 0.3) is 5.91 Å². The molecule has 0 spiro atoms. The van der Waals surface area contributed by atoms with Crippen LogP contribution in [-0.2, 0) is 0 Å². The largest absolute Gasteiger partial charge is 0.350 e. The molecule has 23 heavy (non-hydrogen) atoms. The third-order valence-electron chi connectivity index (χ3n) is 3.73. The number of carbonyl (C=O) groups is 1. The number of hydrogen-bond acceptors (Lipinski definition) is 3. The molecule has 1 aromatic carbocycles. The van der Waals surface area contributed by atoms with Crippen molar-refractivity contribution in [3.63, 3.8) is 0 Å². The van der Waals surface area contributed by atoms with Crippen LogP contribution in [0.4, 0.5) is 4.39 Å². The van der Waals surface area contributed by atoms with Gasteiger partial charge in [0.05, 0.1) is 23.1 Å². The number of benzene rings is 1. The van der Waals surface area contributed by atoms with E-state index in [1.807, 2.05) is 27.8 Å². The van der Waals surface area contributed by atoms with Gasteiger partial charge in [-0.15, -0.1) is 0 Å². The average Bonchev–Trinajstić information content (AvgIpc) is 2.98. The molecule has 0 aliphatic carbocycles. The topological polar surface area (TPSA) is 58.9 Å². The molecule has 5 nitrogen and oxygen atoms in total. The molecular weight excluding hydrogens is 295 g/mol. The van der Waals surface area contributed by atoms with E-state index >= 15 is 0 Å². The van der Waals surface area contributed by atoms with Crippen LogP contribution in [-0.4, -0.2) is 35.3 Å². The van der Waals surface area contributed by atoms with E-state index < -0.39 is 0 Å². The maximum absolute atomic E-state index is 13.1. The van der Waals surface area contributed by atoms with Crippen molar-refractivity contribution in [3.8, 4) is 5.69 Å². The monoisotopic (exact) mass is 318 g/mol. The van der Waals surface area contributed by atoms with Crippen LogP contribution in [0.2, 0.25) is 0 Å². The van der Waals surface area contributed by atoms with Crippen LogP contribution in [0.5, 0.6) is 0 Å². The molecule has 0 bridgehead atoms. The summed E-state index contributed by atoms with van der Waals surface area (Å²) in [6, 6.07) is 6.26. The van der Waals surface area contributed by atoms with Gasteiger partial charge < -0.3 is 10.6 Å². The first kappa shape index (κ1) is 17.1. The summed E-state index contributed by atoms with van der Waals surface area (Å²) in [5.41, 5.74) is 2.09. The van der Waals surface area contributed by atoms with Gasteiger partial charge >= 0.3 is 0 Å². The number of likely N-dealkylation sites (N-methyl/N-ethyl adjacent to an activating group) is 1. The lowest BCUT2D eigenvalue weighted by Crippen LogP contribution is -2.37. The smallest absolute Gasteiger partial charge is 0.254 e. The summed E-state index contributed by atoms with van der Waals surface area (Å²) in [5.74, 6) is -0.347. The normalized spacial score (nSPS) is 12.4. The summed E-state index contributed by atoms with van der Waals surface area (Å²) in [6.07, 6.45) is 1.57. The third-order valence-corrected chi connectivity index (χ3v) is 3.73. The van der Waals surface area contributed by atoms with Crippen molar-refractivity contribution in [1.82, 2.24) is 20.4 Å². The second-order valence-electron chi connectivity index (χ2n) is 5.89. The Hall–Kier alpha value is -2.21. The molecule has 0 aliphatic rings. The molecule has 2 aromatic rings. The van der Waals surface area contributed by atoms with Crippen LogP contribution < -0.4 is 10.6 Å². The van der Waals surface area contributed by atoms with Crippen LogP contribution in [0.3, 0.4) is 0 Å². The zero-order valence-electron chi connectivity index (χ0n) is 13.9. The van der Waals surface area contributed by atoms with Crippen LogP contribution in [0, 0.1) is 5.82 Å². The number of hydrogen-bond donors (Lipinski definition) is 2. The number of nitrogens with zero attached hydrogens (tertiary/aromatic N) is 2. The van der Waals surface area contributed by atoms with Gasteiger partial charge in [-0.2, -0.15) is 5.10 Å². The molecular formula is C17H23FN4O. The second kappa shape index (κ2) is 7.37. The predicted octanol–water partition coefficient (Wildman–Crippen LogP) is 2.47. The number of amides is 1. The zero-order chi connectivity index (χ0) is 17.0. The second-order valence-corrected chi connectivity index (χ2v) is 5.89. The molecule has 2 N–H and O–H groups in total. The molecule has 2 rings (SSSR count). The molecule has 1 heterocycles. The molecule has 0 saturated carbocycles. The molecule has 124 valence electrons. The van der Waals surface area contributed by atoms with Crippen LogP contribution in [0.15, 0.2) is 30.5 Å². The number of carbonyl (C=O) groups excluding carboxylic acids is 1. The minimum absolute atomic E-state index is 0.102. The minimum atomic E-state index is -0.300. The van der Waals surface area contributed by atoms with Crippen LogP contribution in [0.1, 0.15) is 42.7 Å². The number of rotatable bonds is 6. The lowest BCUT2D eigenvalue weighted by atomic mass is 10.0. The van der Waals surface area contributed by atoms with Crippen molar-refractivity contribution in [2.24, 2.45) is 0 Å². The van der Waals surface area contributed by atoms with Gasteiger partial charge in [-0.05, 0) is 44.2 Å². The highest BCUT2D eigenvalue weighted by Crippen LogP contribution is 2.23. The molecule has 6 heteroatoms. The van der Waals surface area contributed by atoms with Crippen molar-refractivity contribution >= 4 is 5.91 Å². The van der Waals surface area contributed by atoms with Crippen molar-refractivity contribution in [2.45, 2.75) is 32.7 Å². The number of nitrogens with one attached hydrogen (secondary N) is 2. The highest BCUT2D eigenvalue weighted by atomic mass is 19.1. The first-order chi connectivity index (χ1) is 10.9. The van der Waals surface area contributed by atoms with Crippen molar-refractivity contribution < 1.29 is 9.18 Å². The van der Waals surface area contributed by atoms with Gasteiger partial charge in [-0.3, -0.25) is 4.79 Å². The first-order valence-electron chi connectivity index (χ1n) is 7.73. The quantitative estimate of drug-likeness (QED) is 0.860. The van der Waals surface area contributed by atoms with Gasteiger partial charge in [0.2, 0.25) is 0 Å². The lowest BCUT2D eigenvalue weighted by molar-refractivity contribution is 0.0949. The van der Waals surface area contributed by atoms with Gasteiger partial charge in [0, 0.05) is 12.6 Å². The zero-order valence-corrected chi connectivity index (χ0v) is 13.9. The standard InChI is InChI=1S/C17H23FN4O/c1-11(2)16-15(17(23)20-9-12(3)19-4)10-21-22(16)14-7-5-13(18)6-8-14/h5-8,10-12,19H,9H2,1-4H3,(H,20,23). The molecule has 0 saturated heterocycles. The Labute approximate surface area is 135 Å². The SMILES string of the molecule is CNC(C)CNC(=O)c1cnn(-c2ccc(F)cc2)c1C(C)C. The molecule has 0 fully saturated rings. The number of aromatic nitrogens is 2. The Morgan fingerprint density at radius 2 is 1.91 bits per heavy atom. The fourth-order valence-electron chi connectivity index (χ4n) is 2.32. The van der Waals surface area contributed by atoms with Gasteiger partial charge in [0.1, 0.15) is 5.82 Å². The fraction of sp³-hybridized carbons (Fsp3) is 0.412. The maximum Gasteiger partial charge on any atom is 0.254 e. The Morgan fingerprint density at radius 1 is 1.26 bits per heavy atom. The summed E-state index contributed by atoms with van der Waals surface area (Å²) in [4.78, 5) is 12.4. The van der Waals surface area contributed by atoms with E-state index in [0.717, 1.165) is 11.4 Å². The summed E-state index contributed by atoms with van der Waals surface area (Å²) in [5, 5.41) is 10.3. The third kappa shape index (κ3) is 3.96. The van der Waals surface area contributed by atoms with Crippen LogP contribution in [0.25, 0.3) is 5.69 Å². The highest BCUT2D eigenvalue weighted by molar-refractivity contribution is 5.95. The predicted molar refractivity (Wildman–Crippen MR) is 88.5 cm³/mol. The Bertz CT molecular complexity index is 664. The fourth-order valence-corrected chi connectivity index (χ4v) is 2.32. The van der Waals surface area contributed by atoms with E-state index in [0.29, 0.717) is 12.1 Å². The molecule has 1 amide bonds. The van der Waals surface area contributed by atoms with Gasteiger partial charge in [0.15, 0.2) is 0 Å². The maximum atomic E-state index is 13.1. The van der Waals surface area contributed by atoms with Gasteiger partial charge in [-0.1, -0.05) is 13.8 Å². The molecule has 0 aliphatic heterocycles. The number of halogens is 1. The Morgan fingerprint density at radius 3 is 2.48 bits per heavy atom. The summed E-state index contributed by atoms with van der Waals surface area (Å²) < 4.78 is 14.8. The van der Waals surface area contributed by atoms with Gasteiger partial charge in [-0.25, -0.2) is 9.07 Å². The van der Waals surface area contributed by atoms with Crippen molar-refractivity contribution in [1.29, 1.82) is 0 Å². The minimum Gasteiger partial charge on any atom is -0.350 e. The van der Waals surface area contributed by atoms with E-state index in [1.54, 1.807) is 23.0 Å². The molecule has 0 radical (unpaired) electrons. The van der Waals surface area contributed by atoms with E-state index in [2.05, 4.69) is 15.7 Å². The lowest BCUT2D eigenvalue weighted by Gasteiger charge is -2.14. The summed E-state index contributed by atoms with van der Waals surface area (Å²) in [7, 11) is 1.85. The van der Waals surface area contributed by atoms with E-state index in [1.165, 1.54) is 12.1 Å². The molecule has 1 atom stereocenters. The van der Waals surface area contributed by atoms with Crippen LogP contribution >= 0.6 is 0 Å². The molecule has 1 unspecified atom stereocenters. The van der Waals surface area contributed by atoms with E-state index in [9.17, 15) is 9.18 Å². The van der Waals surface area contributed by atoms with E-state index in [-0.39, 0.29) is 23.7 Å². The average molecular weight is 318 g/mol. The van der Waals surface area contributed by atoms with E-state index in [4.69, 9.17) is 0 Å². The summed E-state index contributed by atoms with van der Waals surface area (Å²) >= 11 is 0. The van der Waals surface area contributed by atoms with Crippen molar-refractivity contribution in [3.05, 3.63) is 47.5 Å². The first-order valence-corrected chi connectivity index (χ1v) is 7.73. The highest BCUT2D eigenvalue weighted by Gasteiger charge is 2.21. The summed E-state index contributed by atoms with van der Waals surface area (Å²) in [6.45, 7) is 6.54.